The summed E-state index contributed by atoms with van der Waals surface area (Å²) in [4.78, 5) is 26.8. The minimum Gasteiger partial charge on any atom is -0.484 e. The lowest BCUT2D eigenvalue weighted by molar-refractivity contribution is -0.137. The van der Waals surface area contributed by atoms with E-state index in [1.54, 1.807) is 4.90 Å². The van der Waals surface area contributed by atoms with Gasteiger partial charge in [0.2, 0.25) is 5.91 Å². The van der Waals surface area contributed by atoms with Gasteiger partial charge in [-0.3, -0.25) is 9.59 Å². The van der Waals surface area contributed by atoms with Crippen LogP contribution in [0.5, 0.6) is 5.75 Å². The molecule has 154 valence electrons. The molecule has 0 bridgehead atoms. The van der Waals surface area contributed by atoms with Gasteiger partial charge in [-0.05, 0) is 30.5 Å². The molecule has 2 aromatic rings. The van der Waals surface area contributed by atoms with Crippen LogP contribution in [0.4, 0.5) is 0 Å². The lowest BCUT2D eigenvalue weighted by Crippen LogP contribution is -2.46. The Hall–Kier alpha value is -2.82. The zero-order chi connectivity index (χ0) is 20.7. The van der Waals surface area contributed by atoms with Gasteiger partial charge in [0, 0.05) is 31.0 Å². The smallest absolute Gasteiger partial charge is 0.260 e. The highest BCUT2D eigenvalue weighted by molar-refractivity contribution is 5.80. The zero-order valence-corrected chi connectivity index (χ0v) is 17.3. The molecule has 1 N–H and O–H groups in total. The minimum atomic E-state index is -0.123. The summed E-state index contributed by atoms with van der Waals surface area (Å²) in [5, 5.41) is 3.11. The summed E-state index contributed by atoms with van der Waals surface area (Å²) in [6, 6.07) is 19.6. The van der Waals surface area contributed by atoms with E-state index in [2.05, 4.69) is 31.3 Å². The van der Waals surface area contributed by atoms with Gasteiger partial charge in [0.15, 0.2) is 6.61 Å². The molecule has 0 aromatic heterocycles. The quantitative estimate of drug-likeness (QED) is 0.783. The van der Waals surface area contributed by atoms with Crippen LogP contribution in [-0.4, -0.2) is 43.0 Å². The Morgan fingerprint density at radius 1 is 1.00 bits per heavy atom. The summed E-state index contributed by atoms with van der Waals surface area (Å²) >= 11 is 0. The maximum atomic E-state index is 12.6. The maximum absolute atomic E-state index is 12.6. The molecule has 0 aliphatic carbocycles. The molecule has 0 unspecified atom stereocenters. The van der Waals surface area contributed by atoms with Gasteiger partial charge >= 0.3 is 0 Å². The molecule has 1 heterocycles. The second-order valence-electron chi connectivity index (χ2n) is 8.22. The lowest BCUT2D eigenvalue weighted by Gasteiger charge is -2.32. The molecule has 5 heteroatoms. The molecule has 1 aliphatic heterocycles. The normalized spacial score (nSPS) is 15.0. The second-order valence-corrected chi connectivity index (χ2v) is 8.22. The first-order valence-corrected chi connectivity index (χ1v) is 10.2. The Labute approximate surface area is 173 Å². The third-order valence-corrected chi connectivity index (χ3v) is 5.58. The van der Waals surface area contributed by atoms with Crippen molar-refractivity contribution < 1.29 is 14.3 Å². The highest BCUT2D eigenvalue weighted by Gasteiger charge is 2.29. The van der Waals surface area contributed by atoms with E-state index in [4.69, 9.17) is 4.74 Å². The van der Waals surface area contributed by atoms with Gasteiger partial charge in [-0.2, -0.15) is 0 Å². The van der Waals surface area contributed by atoms with Gasteiger partial charge in [0.25, 0.3) is 5.91 Å². The average Bonchev–Trinajstić information content (AvgIpc) is 2.77. The van der Waals surface area contributed by atoms with Crippen molar-refractivity contribution in [2.24, 2.45) is 5.92 Å². The van der Waals surface area contributed by atoms with Crippen LogP contribution in [0.3, 0.4) is 0 Å². The summed E-state index contributed by atoms with van der Waals surface area (Å²) in [5.41, 5.74) is 1.08. The van der Waals surface area contributed by atoms with Crippen LogP contribution in [0.15, 0.2) is 60.7 Å². The van der Waals surface area contributed by atoms with Gasteiger partial charge < -0.3 is 15.0 Å². The van der Waals surface area contributed by atoms with E-state index in [1.807, 2.05) is 48.5 Å². The third kappa shape index (κ3) is 5.83. The van der Waals surface area contributed by atoms with Crippen molar-refractivity contribution in [2.75, 3.05) is 26.2 Å². The molecule has 5 nitrogen and oxygen atoms in total. The first-order valence-electron chi connectivity index (χ1n) is 10.2. The van der Waals surface area contributed by atoms with Crippen LogP contribution < -0.4 is 10.1 Å². The SMILES string of the molecule is CC(C)(CNC(=O)C1CCN(C(=O)COc2ccccc2)CC1)c1ccccc1. The molecule has 1 fully saturated rings. The summed E-state index contributed by atoms with van der Waals surface area (Å²) in [6.45, 7) is 6.09. The molecule has 0 radical (unpaired) electrons. The summed E-state index contributed by atoms with van der Waals surface area (Å²) in [5.74, 6) is 0.705. The average molecular weight is 395 g/mol. The number of nitrogens with zero attached hydrogens (tertiary/aromatic N) is 1. The van der Waals surface area contributed by atoms with E-state index in [9.17, 15) is 9.59 Å². The number of rotatable bonds is 7. The third-order valence-electron chi connectivity index (χ3n) is 5.58. The highest BCUT2D eigenvalue weighted by Crippen LogP contribution is 2.23. The Bertz CT molecular complexity index is 797. The molecule has 29 heavy (non-hydrogen) atoms. The van der Waals surface area contributed by atoms with E-state index < -0.39 is 0 Å². The van der Waals surface area contributed by atoms with Gasteiger partial charge in [-0.15, -0.1) is 0 Å². The summed E-state index contributed by atoms with van der Waals surface area (Å²) in [6.07, 6.45) is 1.38. The minimum absolute atomic E-state index is 0.0297. The first-order chi connectivity index (χ1) is 14.0. The van der Waals surface area contributed by atoms with Crippen molar-refractivity contribution in [1.82, 2.24) is 10.2 Å². The highest BCUT2D eigenvalue weighted by atomic mass is 16.5. The number of amides is 2. The summed E-state index contributed by atoms with van der Waals surface area (Å²) in [7, 11) is 0. The fourth-order valence-corrected chi connectivity index (χ4v) is 3.59. The van der Waals surface area contributed by atoms with E-state index in [-0.39, 0.29) is 29.8 Å². The predicted octanol–water partition coefficient (Wildman–Crippen LogP) is 3.40. The topological polar surface area (TPSA) is 58.6 Å². The largest absolute Gasteiger partial charge is 0.484 e. The van der Waals surface area contributed by atoms with E-state index in [0.717, 1.165) is 0 Å². The predicted molar refractivity (Wildman–Crippen MR) is 114 cm³/mol. The maximum Gasteiger partial charge on any atom is 0.260 e. The number of hydrogen-bond acceptors (Lipinski definition) is 3. The monoisotopic (exact) mass is 394 g/mol. The van der Waals surface area contributed by atoms with Crippen LogP contribution in [-0.2, 0) is 15.0 Å². The number of benzene rings is 2. The van der Waals surface area contributed by atoms with Crippen molar-refractivity contribution >= 4 is 11.8 Å². The molecule has 1 aliphatic rings. The first kappa shape index (κ1) is 20.9. The number of likely N-dealkylation sites (tertiary alicyclic amines) is 1. The van der Waals surface area contributed by atoms with Crippen LogP contribution in [0.1, 0.15) is 32.3 Å². The number of para-hydroxylation sites is 1. The van der Waals surface area contributed by atoms with Crippen molar-refractivity contribution in [3.63, 3.8) is 0 Å². The van der Waals surface area contributed by atoms with E-state index in [0.29, 0.717) is 38.2 Å². The van der Waals surface area contributed by atoms with Gasteiger partial charge in [0.1, 0.15) is 5.75 Å². The Morgan fingerprint density at radius 2 is 1.59 bits per heavy atom. The number of carbonyl (C=O) groups is 2. The van der Waals surface area contributed by atoms with Crippen molar-refractivity contribution in [2.45, 2.75) is 32.1 Å². The van der Waals surface area contributed by atoms with Crippen LogP contribution >= 0.6 is 0 Å². The van der Waals surface area contributed by atoms with Gasteiger partial charge in [0.05, 0.1) is 0 Å². The molecular weight excluding hydrogens is 364 g/mol. The van der Waals surface area contributed by atoms with Gasteiger partial charge in [-0.25, -0.2) is 0 Å². The Morgan fingerprint density at radius 3 is 2.21 bits per heavy atom. The van der Waals surface area contributed by atoms with Crippen LogP contribution in [0.2, 0.25) is 0 Å². The molecule has 2 aromatic carbocycles. The molecule has 2 amide bonds. The summed E-state index contributed by atoms with van der Waals surface area (Å²) < 4.78 is 5.54. The molecule has 0 spiro atoms. The zero-order valence-electron chi connectivity index (χ0n) is 17.3. The van der Waals surface area contributed by atoms with E-state index in [1.165, 1.54) is 5.56 Å². The van der Waals surface area contributed by atoms with Crippen LogP contribution in [0.25, 0.3) is 0 Å². The lowest BCUT2D eigenvalue weighted by atomic mass is 9.84. The fourth-order valence-electron chi connectivity index (χ4n) is 3.59. The number of nitrogens with one attached hydrogen (secondary N) is 1. The number of ether oxygens (including phenoxy) is 1. The molecule has 1 saturated heterocycles. The van der Waals surface area contributed by atoms with Gasteiger partial charge in [-0.1, -0.05) is 62.4 Å². The van der Waals surface area contributed by atoms with Crippen molar-refractivity contribution in [1.29, 1.82) is 0 Å². The fraction of sp³-hybridized carbons (Fsp3) is 0.417. The number of piperidine rings is 1. The molecular formula is C24H30N2O3. The standard InChI is InChI=1S/C24H30N2O3/c1-24(2,20-9-5-3-6-10-20)18-25-23(28)19-13-15-26(16-14-19)22(27)17-29-21-11-7-4-8-12-21/h3-12,19H,13-18H2,1-2H3,(H,25,28). The number of hydrogen-bond donors (Lipinski definition) is 1. The Balaban J connectivity index is 1.41. The van der Waals surface area contributed by atoms with Crippen molar-refractivity contribution in [3.8, 4) is 5.75 Å². The van der Waals surface area contributed by atoms with E-state index >= 15 is 0 Å². The number of carbonyl (C=O) groups excluding carboxylic acids is 2. The molecule has 3 rings (SSSR count). The Kier molecular flexibility index (Phi) is 6.91. The van der Waals surface area contributed by atoms with Crippen molar-refractivity contribution in [3.05, 3.63) is 66.2 Å². The van der Waals surface area contributed by atoms with Crippen LogP contribution in [0, 0.1) is 5.92 Å². The second kappa shape index (κ2) is 9.59. The molecule has 0 atom stereocenters. The molecule has 0 saturated carbocycles.